The Labute approximate surface area is 116 Å². The molecule has 0 spiro atoms. The molecule has 106 valence electrons. The van der Waals surface area contributed by atoms with E-state index >= 15 is 0 Å². The lowest BCUT2D eigenvalue weighted by molar-refractivity contribution is -0.128. The number of carbonyl (C=O) groups excluding carboxylic acids is 1. The molecule has 0 unspecified atom stereocenters. The molecule has 2 rings (SSSR count). The van der Waals surface area contributed by atoms with Gasteiger partial charge >= 0.3 is 5.97 Å². The number of furan rings is 1. The minimum absolute atomic E-state index is 0.0881. The highest BCUT2D eigenvalue weighted by Gasteiger charge is 2.41. The number of nitriles is 1. The first-order valence-electron chi connectivity index (χ1n) is 6.51. The number of hydrogen-bond acceptors (Lipinski definition) is 4. The Hall–Kier alpha value is -2.29. The maximum Gasteiger partial charge on any atom is 0.339 e. The number of carboxylic acids is 1. The van der Waals surface area contributed by atoms with E-state index in [-0.39, 0.29) is 18.0 Å². The summed E-state index contributed by atoms with van der Waals surface area (Å²) in [5, 5.41) is 20.8. The van der Waals surface area contributed by atoms with Crippen LogP contribution in [0.1, 0.15) is 47.6 Å². The molecule has 1 aromatic rings. The molecule has 1 aromatic heterocycles. The fourth-order valence-corrected chi connectivity index (χ4v) is 2.55. The van der Waals surface area contributed by atoms with Gasteiger partial charge in [0.25, 0.3) is 0 Å². The van der Waals surface area contributed by atoms with Crippen molar-refractivity contribution in [3.05, 3.63) is 23.2 Å². The monoisotopic (exact) mass is 276 g/mol. The summed E-state index contributed by atoms with van der Waals surface area (Å²) in [4.78, 5) is 23.0. The topological polar surface area (TPSA) is 103 Å². The first-order valence-corrected chi connectivity index (χ1v) is 6.51. The molecule has 1 aliphatic carbocycles. The molecule has 0 bridgehead atoms. The Morgan fingerprint density at radius 2 is 2.15 bits per heavy atom. The van der Waals surface area contributed by atoms with Crippen molar-refractivity contribution in [2.24, 2.45) is 5.41 Å². The van der Waals surface area contributed by atoms with Crippen LogP contribution in [0, 0.1) is 23.7 Å². The lowest BCUT2D eigenvalue weighted by Crippen LogP contribution is -2.37. The van der Waals surface area contributed by atoms with Gasteiger partial charge in [-0.1, -0.05) is 12.8 Å². The van der Waals surface area contributed by atoms with E-state index in [0.29, 0.717) is 24.4 Å². The van der Waals surface area contributed by atoms with Gasteiger partial charge in [-0.3, -0.25) is 4.79 Å². The van der Waals surface area contributed by atoms with Crippen molar-refractivity contribution in [3.8, 4) is 6.07 Å². The molecular formula is C14H16N2O4. The number of amides is 1. The Morgan fingerprint density at radius 3 is 2.65 bits per heavy atom. The summed E-state index contributed by atoms with van der Waals surface area (Å²) in [6.07, 6.45) is 2.91. The number of carboxylic acid groups (broad SMARTS) is 1. The van der Waals surface area contributed by atoms with Gasteiger partial charge in [-0.2, -0.15) is 5.26 Å². The molecular weight excluding hydrogens is 260 g/mol. The Bertz CT molecular complexity index is 576. The third-order valence-electron chi connectivity index (χ3n) is 3.73. The SMILES string of the molecule is Cc1oc(CNC(=O)C2(C#N)CCCC2)cc1C(=O)O. The Morgan fingerprint density at radius 1 is 1.50 bits per heavy atom. The van der Waals surface area contributed by atoms with Crippen molar-refractivity contribution in [1.29, 1.82) is 5.26 Å². The minimum Gasteiger partial charge on any atom is -0.478 e. The molecule has 0 saturated heterocycles. The van der Waals surface area contributed by atoms with Crippen LogP contribution < -0.4 is 5.32 Å². The zero-order valence-corrected chi connectivity index (χ0v) is 11.2. The van der Waals surface area contributed by atoms with Gasteiger partial charge in [-0.15, -0.1) is 0 Å². The fraction of sp³-hybridized carbons (Fsp3) is 0.500. The molecule has 1 heterocycles. The first-order chi connectivity index (χ1) is 9.48. The van der Waals surface area contributed by atoms with Crippen LogP contribution in [0.3, 0.4) is 0 Å². The number of aromatic carboxylic acids is 1. The lowest BCUT2D eigenvalue weighted by Gasteiger charge is -2.18. The highest BCUT2D eigenvalue weighted by Crippen LogP contribution is 2.37. The van der Waals surface area contributed by atoms with E-state index in [2.05, 4.69) is 11.4 Å². The quantitative estimate of drug-likeness (QED) is 0.875. The minimum atomic E-state index is -1.06. The van der Waals surface area contributed by atoms with Crippen LogP contribution in [0.25, 0.3) is 0 Å². The normalized spacial score (nSPS) is 16.6. The summed E-state index contributed by atoms with van der Waals surface area (Å²) in [6.45, 7) is 1.65. The van der Waals surface area contributed by atoms with Gasteiger partial charge in [-0.25, -0.2) is 4.79 Å². The van der Waals surface area contributed by atoms with E-state index in [0.717, 1.165) is 12.8 Å². The molecule has 1 saturated carbocycles. The maximum atomic E-state index is 12.1. The third kappa shape index (κ3) is 2.52. The van der Waals surface area contributed by atoms with Gasteiger partial charge < -0.3 is 14.8 Å². The van der Waals surface area contributed by atoms with E-state index in [1.54, 1.807) is 6.92 Å². The first kappa shape index (κ1) is 14.1. The third-order valence-corrected chi connectivity index (χ3v) is 3.73. The second kappa shape index (κ2) is 5.37. The standard InChI is InChI=1S/C14H16N2O4/c1-9-11(12(17)18)6-10(20-9)7-16-13(19)14(8-15)4-2-3-5-14/h6H,2-5,7H2,1H3,(H,16,19)(H,17,18). The van der Waals surface area contributed by atoms with Crippen LogP contribution in [0.15, 0.2) is 10.5 Å². The lowest BCUT2D eigenvalue weighted by atomic mass is 9.87. The summed E-state index contributed by atoms with van der Waals surface area (Å²) in [7, 11) is 0. The molecule has 0 aliphatic heterocycles. The molecule has 0 radical (unpaired) electrons. The smallest absolute Gasteiger partial charge is 0.339 e. The van der Waals surface area contributed by atoms with E-state index in [1.165, 1.54) is 6.07 Å². The van der Waals surface area contributed by atoms with Crippen molar-refractivity contribution in [1.82, 2.24) is 5.32 Å². The van der Waals surface area contributed by atoms with Gasteiger partial charge in [0, 0.05) is 0 Å². The van der Waals surface area contributed by atoms with Crippen LogP contribution in [0.4, 0.5) is 0 Å². The molecule has 0 atom stereocenters. The predicted octanol–water partition coefficient (Wildman–Crippen LogP) is 1.99. The summed E-state index contributed by atoms with van der Waals surface area (Å²) in [5.41, 5.74) is -0.845. The molecule has 1 fully saturated rings. The van der Waals surface area contributed by atoms with Gasteiger partial charge in [-0.05, 0) is 25.8 Å². The van der Waals surface area contributed by atoms with Crippen LogP contribution >= 0.6 is 0 Å². The van der Waals surface area contributed by atoms with Crippen LogP contribution in [0.2, 0.25) is 0 Å². The number of nitrogens with zero attached hydrogens (tertiary/aromatic N) is 1. The molecule has 1 aliphatic rings. The number of aryl methyl sites for hydroxylation is 1. The van der Waals surface area contributed by atoms with Crippen molar-refractivity contribution in [2.75, 3.05) is 0 Å². The van der Waals surface area contributed by atoms with Gasteiger partial charge in [0.1, 0.15) is 22.5 Å². The predicted molar refractivity (Wildman–Crippen MR) is 68.8 cm³/mol. The van der Waals surface area contributed by atoms with Crippen LogP contribution in [0.5, 0.6) is 0 Å². The number of hydrogen-bond donors (Lipinski definition) is 2. The van der Waals surface area contributed by atoms with Gasteiger partial charge in [0.15, 0.2) is 0 Å². The summed E-state index contributed by atoms with van der Waals surface area (Å²) >= 11 is 0. The van der Waals surface area contributed by atoms with Crippen molar-refractivity contribution in [3.63, 3.8) is 0 Å². The Kier molecular flexibility index (Phi) is 3.79. The molecule has 20 heavy (non-hydrogen) atoms. The van der Waals surface area contributed by atoms with Crippen LogP contribution in [-0.2, 0) is 11.3 Å². The van der Waals surface area contributed by atoms with E-state index in [1.807, 2.05) is 0 Å². The Balaban J connectivity index is 2.02. The molecule has 0 aromatic carbocycles. The highest BCUT2D eigenvalue weighted by molar-refractivity contribution is 5.89. The number of nitrogens with one attached hydrogen (secondary N) is 1. The summed E-state index contributed by atoms with van der Waals surface area (Å²) < 4.78 is 5.28. The largest absolute Gasteiger partial charge is 0.478 e. The fourth-order valence-electron chi connectivity index (χ4n) is 2.55. The molecule has 6 heteroatoms. The molecule has 6 nitrogen and oxygen atoms in total. The number of rotatable bonds is 4. The molecule has 2 N–H and O–H groups in total. The van der Waals surface area contributed by atoms with Crippen LogP contribution in [-0.4, -0.2) is 17.0 Å². The van der Waals surface area contributed by atoms with Crippen molar-refractivity contribution < 1.29 is 19.1 Å². The van der Waals surface area contributed by atoms with Gasteiger partial charge in [0.2, 0.25) is 5.91 Å². The van der Waals surface area contributed by atoms with E-state index in [9.17, 15) is 14.9 Å². The summed E-state index contributed by atoms with van der Waals surface area (Å²) in [6, 6.07) is 3.51. The molecule has 1 amide bonds. The van der Waals surface area contributed by atoms with Crippen molar-refractivity contribution >= 4 is 11.9 Å². The average Bonchev–Trinajstić information content (AvgIpc) is 3.03. The average molecular weight is 276 g/mol. The van der Waals surface area contributed by atoms with E-state index in [4.69, 9.17) is 9.52 Å². The zero-order valence-electron chi connectivity index (χ0n) is 11.2. The maximum absolute atomic E-state index is 12.1. The van der Waals surface area contributed by atoms with Gasteiger partial charge in [0.05, 0.1) is 12.6 Å². The highest BCUT2D eigenvalue weighted by atomic mass is 16.4. The van der Waals surface area contributed by atoms with E-state index < -0.39 is 11.4 Å². The second-order valence-corrected chi connectivity index (χ2v) is 5.07. The zero-order chi connectivity index (χ0) is 14.8. The number of carbonyl (C=O) groups is 2. The summed E-state index contributed by atoms with van der Waals surface area (Å²) in [5.74, 6) is -0.687. The van der Waals surface area contributed by atoms with Crippen molar-refractivity contribution in [2.45, 2.75) is 39.2 Å². The second-order valence-electron chi connectivity index (χ2n) is 5.07.